The Kier molecular flexibility index (Phi) is 4.15. The second kappa shape index (κ2) is 5.64. The Labute approximate surface area is 105 Å². The van der Waals surface area contributed by atoms with Crippen LogP contribution in [0.5, 0.6) is 0 Å². The Bertz CT molecular complexity index is 329. The van der Waals surface area contributed by atoms with Crippen LogP contribution in [0.25, 0.3) is 0 Å². The highest BCUT2D eigenvalue weighted by Gasteiger charge is 2.39. The quantitative estimate of drug-likeness (QED) is 0.564. The number of morpholine rings is 1. The van der Waals surface area contributed by atoms with Crippen LogP contribution in [0, 0.1) is 0 Å². The maximum absolute atomic E-state index is 12.0. The predicted molar refractivity (Wildman–Crippen MR) is 61.0 cm³/mol. The van der Waals surface area contributed by atoms with Crippen molar-refractivity contribution in [3.05, 3.63) is 0 Å². The third-order valence-corrected chi connectivity index (χ3v) is 3.29. The summed E-state index contributed by atoms with van der Waals surface area (Å²) in [4.78, 5) is 24.3. The lowest BCUT2D eigenvalue weighted by atomic mass is 10.1. The number of rotatable bonds is 3. The average Bonchev–Trinajstić information content (AvgIpc) is 2.73. The molecule has 1 unspecified atom stereocenters. The molecule has 18 heavy (non-hydrogen) atoms. The zero-order chi connectivity index (χ0) is 13.1. The Balaban J connectivity index is 1.92. The number of carbonyl (C=O) groups is 2. The largest absolute Gasteiger partial charge is 0.480 e. The van der Waals surface area contributed by atoms with Crippen LogP contribution in [0.3, 0.4) is 0 Å². The van der Waals surface area contributed by atoms with E-state index in [1.54, 1.807) is 0 Å². The van der Waals surface area contributed by atoms with Crippen molar-refractivity contribution in [2.45, 2.75) is 31.1 Å². The van der Waals surface area contributed by atoms with Crippen molar-refractivity contribution in [2.75, 3.05) is 26.2 Å². The monoisotopic (exact) mass is 258 g/mol. The summed E-state index contributed by atoms with van der Waals surface area (Å²) in [5.74, 6) is -1.34. The molecule has 7 heteroatoms. The molecular formula is C11H18N2O5. The van der Waals surface area contributed by atoms with Gasteiger partial charge in [0.15, 0.2) is 0 Å². The number of β-amino-alcohol motifs (C(OH)–C–C–N with tert-alkyl or cyclic N) is 1. The molecule has 0 bridgehead atoms. The number of ether oxygens (including phenoxy) is 1. The van der Waals surface area contributed by atoms with Crippen LogP contribution in [-0.4, -0.2) is 71.5 Å². The molecular weight excluding hydrogens is 240 g/mol. The number of nitrogens with zero attached hydrogens (tertiary/aromatic N) is 1. The summed E-state index contributed by atoms with van der Waals surface area (Å²) in [6.45, 7) is 2.02. The first-order valence-electron chi connectivity index (χ1n) is 6.10. The summed E-state index contributed by atoms with van der Waals surface area (Å²) in [6, 6.07) is -0.913. The van der Waals surface area contributed by atoms with Gasteiger partial charge < -0.3 is 25.2 Å². The molecule has 0 aromatic rings. The van der Waals surface area contributed by atoms with Crippen molar-refractivity contribution in [3.8, 4) is 0 Å². The van der Waals surface area contributed by atoms with Crippen molar-refractivity contribution < 1.29 is 24.5 Å². The van der Waals surface area contributed by atoms with Crippen LogP contribution in [0.1, 0.15) is 12.8 Å². The highest BCUT2D eigenvalue weighted by molar-refractivity contribution is 5.84. The molecule has 2 fully saturated rings. The summed E-state index contributed by atoms with van der Waals surface area (Å²) in [5, 5.41) is 21.6. The summed E-state index contributed by atoms with van der Waals surface area (Å²) >= 11 is 0. The summed E-state index contributed by atoms with van der Waals surface area (Å²) in [7, 11) is 0. The van der Waals surface area contributed by atoms with Gasteiger partial charge in [0.1, 0.15) is 6.04 Å². The molecule has 2 rings (SSSR count). The standard InChI is InChI=1S/C11H18N2O5/c14-7-3-9(11(16)17)13(6-7)10(15)4-8-5-12-1-2-18-8/h7-9,12,14H,1-6H2,(H,16,17)/t7-,8?,9-/m1/s1. The molecule has 3 N–H and O–H groups in total. The number of hydrogen-bond donors (Lipinski definition) is 3. The number of hydrogen-bond acceptors (Lipinski definition) is 5. The molecule has 0 aromatic carbocycles. The first kappa shape index (κ1) is 13.3. The number of carbonyl (C=O) groups excluding carboxylic acids is 1. The van der Waals surface area contributed by atoms with Crippen molar-refractivity contribution >= 4 is 11.9 Å². The lowest BCUT2D eigenvalue weighted by Crippen LogP contribution is -2.45. The van der Waals surface area contributed by atoms with Gasteiger partial charge in [0, 0.05) is 26.1 Å². The van der Waals surface area contributed by atoms with Gasteiger partial charge in [-0.15, -0.1) is 0 Å². The van der Waals surface area contributed by atoms with Crippen LogP contribution >= 0.6 is 0 Å². The SMILES string of the molecule is O=C(O)[C@H]1C[C@@H](O)CN1C(=O)CC1CNCCO1. The first-order valence-corrected chi connectivity index (χ1v) is 6.10. The van der Waals surface area contributed by atoms with Gasteiger partial charge in [-0.1, -0.05) is 0 Å². The van der Waals surface area contributed by atoms with E-state index in [0.29, 0.717) is 13.2 Å². The number of aliphatic carboxylic acids is 1. The van der Waals surface area contributed by atoms with Gasteiger partial charge in [-0.3, -0.25) is 4.79 Å². The number of carboxylic acid groups (broad SMARTS) is 1. The minimum Gasteiger partial charge on any atom is -0.480 e. The fourth-order valence-corrected chi connectivity index (χ4v) is 2.39. The molecule has 2 heterocycles. The minimum absolute atomic E-state index is 0.0932. The van der Waals surface area contributed by atoms with Crippen LogP contribution < -0.4 is 5.32 Å². The third-order valence-electron chi connectivity index (χ3n) is 3.29. The number of amides is 1. The predicted octanol–water partition coefficient (Wildman–Crippen LogP) is -1.59. The van der Waals surface area contributed by atoms with Gasteiger partial charge in [0.05, 0.1) is 25.2 Å². The average molecular weight is 258 g/mol. The van der Waals surface area contributed by atoms with Crippen LogP contribution in [0.15, 0.2) is 0 Å². The molecule has 0 saturated carbocycles. The number of aliphatic hydroxyl groups excluding tert-OH is 1. The number of nitrogens with one attached hydrogen (secondary N) is 1. The van der Waals surface area contributed by atoms with E-state index in [-0.39, 0.29) is 31.4 Å². The van der Waals surface area contributed by atoms with E-state index < -0.39 is 18.1 Å². The lowest BCUT2D eigenvalue weighted by Gasteiger charge is -2.27. The number of carboxylic acids is 1. The highest BCUT2D eigenvalue weighted by Crippen LogP contribution is 2.20. The molecule has 7 nitrogen and oxygen atoms in total. The zero-order valence-corrected chi connectivity index (χ0v) is 10.0. The molecule has 0 radical (unpaired) electrons. The zero-order valence-electron chi connectivity index (χ0n) is 10.0. The number of likely N-dealkylation sites (tertiary alicyclic amines) is 1. The Morgan fingerprint density at radius 2 is 2.22 bits per heavy atom. The molecule has 3 atom stereocenters. The van der Waals surface area contributed by atoms with E-state index in [4.69, 9.17) is 9.84 Å². The minimum atomic E-state index is -1.07. The lowest BCUT2D eigenvalue weighted by molar-refractivity contribution is -0.149. The van der Waals surface area contributed by atoms with Gasteiger partial charge in [-0.25, -0.2) is 4.79 Å². The van der Waals surface area contributed by atoms with E-state index in [9.17, 15) is 14.7 Å². The first-order chi connectivity index (χ1) is 8.58. The topological polar surface area (TPSA) is 99.1 Å². The number of aliphatic hydroxyl groups is 1. The molecule has 2 aliphatic heterocycles. The highest BCUT2D eigenvalue weighted by atomic mass is 16.5. The smallest absolute Gasteiger partial charge is 0.326 e. The molecule has 0 aromatic heterocycles. The van der Waals surface area contributed by atoms with E-state index in [1.807, 2.05) is 0 Å². The van der Waals surface area contributed by atoms with Crippen LogP contribution in [-0.2, 0) is 14.3 Å². The normalized spacial score (nSPS) is 32.5. The maximum atomic E-state index is 12.0. The van der Waals surface area contributed by atoms with Crippen molar-refractivity contribution in [3.63, 3.8) is 0 Å². The second-order valence-corrected chi connectivity index (χ2v) is 4.69. The Morgan fingerprint density at radius 3 is 2.83 bits per heavy atom. The Hall–Kier alpha value is -1.18. The van der Waals surface area contributed by atoms with Crippen molar-refractivity contribution in [1.29, 1.82) is 0 Å². The van der Waals surface area contributed by atoms with E-state index in [1.165, 1.54) is 4.90 Å². The van der Waals surface area contributed by atoms with Gasteiger partial charge in [0.25, 0.3) is 0 Å². The Morgan fingerprint density at radius 1 is 1.44 bits per heavy atom. The van der Waals surface area contributed by atoms with Crippen molar-refractivity contribution in [2.24, 2.45) is 0 Å². The van der Waals surface area contributed by atoms with Gasteiger partial charge >= 0.3 is 5.97 Å². The third kappa shape index (κ3) is 2.98. The van der Waals surface area contributed by atoms with Crippen molar-refractivity contribution in [1.82, 2.24) is 10.2 Å². The molecule has 2 saturated heterocycles. The molecule has 0 spiro atoms. The van der Waals surface area contributed by atoms with E-state index in [0.717, 1.165) is 6.54 Å². The van der Waals surface area contributed by atoms with Gasteiger partial charge in [-0.2, -0.15) is 0 Å². The maximum Gasteiger partial charge on any atom is 0.326 e. The van der Waals surface area contributed by atoms with E-state index >= 15 is 0 Å². The van der Waals surface area contributed by atoms with Gasteiger partial charge in [0.2, 0.25) is 5.91 Å². The molecule has 0 aliphatic carbocycles. The van der Waals surface area contributed by atoms with Gasteiger partial charge in [-0.05, 0) is 0 Å². The summed E-state index contributed by atoms with van der Waals surface area (Å²) < 4.78 is 5.41. The fraction of sp³-hybridized carbons (Fsp3) is 0.818. The van der Waals surface area contributed by atoms with Crippen LogP contribution in [0.4, 0.5) is 0 Å². The summed E-state index contributed by atoms with van der Waals surface area (Å²) in [5.41, 5.74) is 0. The van der Waals surface area contributed by atoms with E-state index in [2.05, 4.69) is 5.32 Å². The summed E-state index contributed by atoms with van der Waals surface area (Å²) in [6.07, 6.45) is -0.701. The molecule has 1 amide bonds. The second-order valence-electron chi connectivity index (χ2n) is 4.69. The van der Waals surface area contributed by atoms with Crippen LogP contribution in [0.2, 0.25) is 0 Å². The molecule has 102 valence electrons. The fourth-order valence-electron chi connectivity index (χ4n) is 2.39. The molecule has 2 aliphatic rings.